The zero-order valence-corrected chi connectivity index (χ0v) is 16.7. The zero-order chi connectivity index (χ0) is 20.1. The van der Waals surface area contributed by atoms with Gasteiger partial charge in [0.2, 0.25) is 5.76 Å². The summed E-state index contributed by atoms with van der Waals surface area (Å²) in [5.41, 5.74) is 3.69. The van der Waals surface area contributed by atoms with Crippen LogP contribution in [0.1, 0.15) is 42.1 Å². The molecule has 28 heavy (non-hydrogen) atoms. The van der Waals surface area contributed by atoms with E-state index in [1.165, 1.54) is 5.56 Å². The highest BCUT2D eigenvalue weighted by Crippen LogP contribution is 2.23. The Hall–Kier alpha value is -3.09. The molecule has 0 aliphatic heterocycles. The second-order valence-corrected chi connectivity index (χ2v) is 6.80. The van der Waals surface area contributed by atoms with E-state index >= 15 is 0 Å². The lowest BCUT2D eigenvalue weighted by Crippen LogP contribution is -2.32. The molecule has 3 rings (SSSR count). The second-order valence-electron chi connectivity index (χ2n) is 6.80. The number of benzene rings is 1. The van der Waals surface area contributed by atoms with Gasteiger partial charge in [-0.2, -0.15) is 5.10 Å². The van der Waals surface area contributed by atoms with Gasteiger partial charge in [-0.3, -0.25) is 9.48 Å². The maximum Gasteiger partial charge on any atom is 0.290 e. The van der Waals surface area contributed by atoms with Gasteiger partial charge < -0.3 is 14.6 Å². The Bertz CT molecular complexity index is 928. The molecule has 0 aliphatic rings. The Kier molecular flexibility index (Phi) is 6.13. The number of carbonyl (C=O) groups is 1. The number of nitrogens with zero attached hydrogens (tertiary/aromatic N) is 3. The van der Waals surface area contributed by atoms with E-state index < -0.39 is 0 Å². The first kappa shape index (κ1) is 19.7. The van der Waals surface area contributed by atoms with Crippen LogP contribution in [0.3, 0.4) is 0 Å². The van der Waals surface area contributed by atoms with Crippen molar-refractivity contribution in [2.45, 2.75) is 46.2 Å². The Balaban J connectivity index is 1.56. The molecule has 1 aromatic carbocycles. The molecule has 2 heterocycles. The lowest BCUT2D eigenvalue weighted by molar-refractivity contribution is 0.0901. The summed E-state index contributed by atoms with van der Waals surface area (Å²) in [6.45, 7) is 6.76. The van der Waals surface area contributed by atoms with Gasteiger partial charge in [0, 0.05) is 29.9 Å². The summed E-state index contributed by atoms with van der Waals surface area (Å²) in [4.78, 5) is 12.5. The van der Waals surface area contributed by atoms with Crippen LogP contribution in [0.15, 0.2) is 41.1 Å². The molecule has 148 valence electrons. The Morgan fingerprint density at radius 3 is 2.71 bits per heavy atom. The summed E-state index contributed by atoms with van der Waals surface area (Å²) in [7, 11) is 1.65. The van der Waals surface area contributed by atoms with Crippen molar-refractivity contribution in [2.75, 3.05) is 7.11 Å². The van der Waals surface area contributed by atoms with Gasteiger partial charge in [-0.25, -0.2) is 0 Å². The third-order valence-electron chi connectivity index (χ3n) is 4.82. The minimum absolute atomic E-state index is 0.00716. The summed E-state index contributed by atoms with van der Waals surface area (Å²) in [5.74, 6) is 0.780. The van der Waals surface area contributed by atoms with Gasteiger partial charge in [-0.05, 0) is 51.3 Å². The van der Waals surface area contributed by atoms with E-state index in [1.807, 2.05) is 49.7 Å². The van der Waals surface area contributed by atoms with Crippen LogP contribution in [0.25, 0.3) is 11.3 Å². The van der Waals surface area contributed by atoms with E-state index in [2.05, 4.69) is 15.6 Å². The predicted molar refractivity (Wildman–Crippen MR) is 106 cm³/mol. The summed E-state index contributed by atoms with van der Waals surface area (Å²) < 4.78 is 12.3. The van der Waals surface area contributed by atoms with Crippen LogP contribution in [0, 0.1) is 6.92 Å². The molecule has 7 nitrogen and oxygen atoms in total. The first-order chi connectivity index (χ1) is 13.5. The van der Waals surface area contributed by atoms with Gasteiger partial charge >= 0.3 is 0 Å². The van der Waals surface area contributed by atoms with Crippen molar-refractivity contribution in [3.8, 4) is 17.0 Å². The number of aryl methyl sites for hydroxylation is 2. The molecular formula is C21H26N4O3. The quantitative estimate of drug-likeness (QED) is 0.643. The van der Waals surface area contributed by atoms with Crippen LogP contribution in [0.5, 0.6) is 5.75 Å². The Morgan fingerprint density at radius 1 is 1.32 bits per heavy atom. The van der Waals surface area contributed by atoms with Crippen molar-refractivity contribution >= 4 is 5.91 Å². The minimum atomic E-state index is -0.262. The van der Waals surface area contributed by atoms with Crippen molar-refractivity contribution in [1.82, 2.24) is 20.3 Å². The van der Waals surface area contributed by atoms with E-state index in [0.717, 1.165) is 36.4 Å². The standard InChI is InChI=1S/C21H26N4O3/c1-5-25-15(3)18(13-22-25)19-12-20(28-24-19)21(26)23-14(2)6-7-16-8-10-17(27-4)11-9-16/h8-14H,5-7H2,1-4H3,(H,23,26). The maximum absolute atomic E-state index is 12.5. The third-order valence-corrected chi connectivity index (χ3v) is 4.82. The highest BCUT2D eigenvalue weighted by Gasteiger charge is 2.18. The van der Waals surface area contributed by atoms with E-state index in [9.17, 15) is 4.79 Å². The van der Waals surface area contributed by atoms with Crippen molar-refractivity contribution < 1.29 is 14.1 Å². The van der Waals surface area contributed by atoms with Gasteiger partial charge in [0.25, 0.3) is 5.91 Å². The number of hydrogen-bond donors (Lipinski definition) is 1. The molecule has 0 aliphatic carbocycles. The Morgan fingerprint density at radius 2 is 2.07 bits per heavy atom. The lowest BCUT2D eigenvalue weighted by atomic mass is 10.1. The summed E-state index contributed by atoms with van der Waals surface area (Å²) >= 11 is 0. The second kappa shape index (κ2) is 8.73. The number of ether oxygens (including phenoxy) is 1. The van der Waals surface area contributed by atoms with Gasteiger partial charge in [0.05, 0.1) is 13.3 Å². The van der Waals surface area contributed by atoms with Crippen LogP contribution >= 0.6 is 0 Å². The maximum atomic E-state index is 12.5. The molecule has 1 atom stereocenters. The van der Waals surface area contributed by atoms with Gasteiger partial charge in [0.1, 0.15) is 11.4 Å². The molecule has 0 spiro atoms. The summed E-state index contributed by atoms with van der Waals surface area (Å²) in [6, 6.07) is 9.63. The number of nitrogens with one attached hydrogen (secondary N) is 1. The smallest absolute Gasteiger partial charge is 0.290 e. The van der Waals surface area contributed by atoms with Gasteiger partial charge in [-0.1, -0.05) is 17.3 Å². The molecule has 0 fully saturated rings. The van der Waals surface area contributed by atoms with Gasteiger partial charge in [-0.15, -0.1) is 0 Å². The van der Waals surface area contributed by atoms with E-state index in [4.69, 9.17) is 9.26 Å². The van der Waals surface area contributed by atoms with Crippen LogP contribution in [-0.4, -0.2) is 34.0 Å². The average Bonchev–Trinajstić information content (AvgIpc) is 3.33. The van der Waals surface area contributed by atoms with Crippen molar-refractivity contribution in [3.63, 3.8) is 0 Å². The molecule has 2 aromatic heterocycles. The fourth-order valence-corrected chi connectivity index (χ4v) is 3.07. The summed E-state index contributed by atoms with van der Waals surface area (Å²) in [5, 5.41) is 11.3. The molecule has 7 heteroatoms. The number of methoxy groups -OCH3 is 1. The molecule has 3 aromatic rings. The molecule has 1 unspecified atom stereocenters. The molecule has 0 radical (unpaired) electrons. The number of amides is 1. The summed E-state index contributed by atoms with van der Waals surface area (Å²) in [6.07, 6.45) is 3.43. The lowest BCUT2D eigenvalue weighted by Gasteiger charge is -2.12. The minimum Gasteiger partial charge on any atom is -0.497 e. The normalized spacial score (nSPS) is 12.0. The number of hydrogen-bond acceptors (Lipinski definition) is 5. The average molecular weight is 382 g/mol. The Labute approximate surface area is 164 Å². The fourth-order valence-electron chi connectivity index (χ4n) is 3.07. The molecular weight excluding hydrogens is 356 g/mol. The SMILES string of the molecule is CCn1ncc(-c2cc(C(=O)NC(C)CCc3ccc(OC)cc3)on2)c1C. The van der Waals surface area contributed by atoms with E-state index in [0.29, 0.717) is 5.69 Å². The highest BCUT2D eigenvalue weighted by atomic mass is 16.5. The van der Waals surface area contributed by atoms with Crippen LogP contribution in [-0.2, 0) is 13.0 Å². The number of carbonyl (C=O) groups excluding carboxylic acids is 1. The van der Waals surface area contributed by atoms with Crippen LogP contribution in [0.2, 0.25) is 0 Å². The molecule has 0 bridgehead atoms. The van der Waals surface area contributed by atoms with Gasteiger partial charge in [0.15, 0.2) is 0 Å². The van der Waals surface area contributed by atoms with Crippen molar-refractivity contribution in [2.24, 2.45) is 0 Å². The number of rotatable bonds is 8. The zero-order valence-electron chi connectivity index (χ0n) is 16.7. The van der Waals surface area contributed by atoms with Crippen LogP contribution < -0.4 is 10.1 Å². The topological polar surface area (TPSA) is 82.2 Å². The molecule has 0 saturated heterocycles. The first-order valence-electron chi connectivity index (χ1n) is 9.45. The van der Waals surface area contributed by atoms with Crippen molar-refractivity contribution in [1.29, 1.82) is 0 Å². The van der Waals surface area contributed by atoms with E-state index in [1.54, 1.807) is 19.4 Å². The third kappa shape index (κ3) is 4.42. The van der Waals surface area contributed by atoms with Crippen molar-refractivity contribution in [3.05, 3.63) is 53.5 Å². The monoisotopic (exact) mass is 382 g/mol. The predicted octanol–water partition coefficient (Wildman–Crippen LogP) is 3.63. The van der Waals surface area contributed by atoms with Crippen LogP contribution in [0.4, 0.5) is 0 Å². The highest BCUT2D eigenvalue weighted by molar-refractivity contribution is 5.92. The molecule has 1 N–H and O–H groups in total. The number of aromatic nitrogens is 3. The molecule has 0 saturated carbocycles. The largest absolute Gasteiger partial charge is 0.497 e. The fraction of sp³-hybridized carbons (Fsp3) is 0.381. The first-order valence-corrected chi connectivity index (χ1v) is 9.45. The molecule has 1 amide bonds. The van der Waals surface area contributed by atoms with E-state index in [-0.39, 0.29) is 17.7 Å².